The predicted octanol–water partition coefficient (Wildman–Crippen LogP) is 3.18. The van der Waals surface area contributed by atoms with Gasteiger partial charge in [0, 0.05) is 5.69 Å². The van der Waals surface area contributed by atoms with Gasteiger partial charge in [0.1, 0.15) is 11.0 Å². The molecule has 0 unspecified atom stereocenters. The summed E-state index contributed by atoms with van der Waals surface area (Å²) in [5.41, 5.74) is 0.872. The van der Waals surface area contributed by atoms with E-state index in [2.05, 4.69) is 10.3 Å². The van der Waals surface area contributed by atoms with Gasteiger partial charge in [-0.25, -0.2) is 9.78 Å². The molecule has 17 heavy (non-hydrogen) atoms. The Morgan fingerprint density at radius 2 is 2.00 bits per heavy atom. The monoisotopic (exact) mass is 248 g/mol. The fraction of sp³-hybridized carbons (Fsp3) is 0. The molecule has 0 fully saturated rings. The number of carbonyl (C=O) groups is 1. The molecule has 0 aliphatic rings. The number of hydrogen-bond acceptors (Lipinski definition) is 3. The van der Waals surface area contributed by atoms with E-state index in [0.717, 1.165) is 0 Å². The minimum absolute atomic E-state index is 0.219. The lowest BCUT2D eigenvalue weighted by molar-refractivity contribution is 0.0697. The van der Waals surface area contributed by atoms with Crippen molar-refractivity contribution in [2.75, 3.05) is 5.32 Å². The molecule has 2 rings (SSSR count). The second kappa shape index (κ2) is 4.84. The molecular formula is C12H9ClN2O2. The lowest BCUT2D eigenvalue weighted by Crippen LogP contribution is -1.98. The minimum Gasteiger partial charge on any atom is -0.478 e. The Labute approximate surface area is 103 Å². The number of nitrogens with one attached hydrogen (secondary N) is 1. The number of pyridine rings is 1. The molecule has 86 valence electrons. The molecule has 0 amide bonds. The second-order valence-electron chi connectivity index (χ2n) is 3.36. The third-order valence-corrected chi connectivity index (χ3v) is 2.31. The van der Waals surface area contributed by atoms with Crippen molar-refractivity contribution in [3.8, 4) is 0 Å². The van der Waals surface area contributed by atoms with Gasteiger partial charge in [-0.05, 0) is 30.3 Å². The first-order valence-electron chi connectivity index (χ1n) is 4.88. The molecule has 0 spiro atoms. The van der Waals surface area contributed by atoms with Gasteiger partial charge in [-0.1, -0.05) is 23.7 Å². The quantitative estimate of drug-likeness (QED) is 0.819. The van der Waals surface area contributed by atoms with Crippen molar-refractivity contribution in [1.29, 1.82) is 0 Å². The van der Waals surface area contributed by atoms with Crippen LogP contribution in [-0.4, -0.2) is 16.1 Å². The van der Waals surface area contributed by atoms with E-state index in [1.807, 2.05) is 0 Å². The smallest absolute Gasteiger partial charge is 0.335 e. The van der Waals surface area contributed by atoms with Gasteiger partial charge in [0.25, 0.3) is 0 Å². The summed E-state index contributed by atoms with van der Waals surface area (Å²) in [4.78, 5) is 14.8. The Hall–Kier alpha value is -2.07. The highest BCUT2D eigenvalue weighted by Crippen LogP contribution is 2.17. The number of anilines is 2. The summed E-state index contributed by atoms with van der Waals surface area (Å²) in [6, 6.07) is 11.7. The molecule has 5 heteroatoms. The molecule has 0 aliphatic heterocycles. The highest BCUT2D eigenvalue weighted by atomic mass is 35.5. The SMILES string of the molecule is O=C(O)c1cccc(Nc2cccc(Cl)n2)c1. The zero-order valence-electron chi connectivity index (χ0n) is 8.72. The van der Waals surface area contributed by atoms with Crippen molar-refractivity contribution in [3.63, 3.8) is 0 Å². The number of rotatable bonds is 3. The number of nitrogens with zero attached hydrogens (tertiary/aromatic N) is 1. The summed E-state index contributed by atoms with van der Waals surface area (Å²) >= 11 is 5.75. The van der Waals surface area contributed by atoms with Crippen LogP contribution in [0.3, 0.4) is 0 Å². The molecule has 1 aromatic heterocycles. The highest BCUT2D eigenvalue weighted by Gasteiger charge is 2.03. The van der Waals surface area contributed by atoms with E-state index in [-0.39, 0.29) is 5.56 Å². The van der Waals surface area contributed by atoms with Gasteiger partial charge in [-0.3, -0.25) is 0 Å². The van der Waals surface area contributed by atoms with E-state index in [4.69, 9.17) is 16.7 Å². The molecule has 0 aliphatic carbocycles. The topological polar surface area (TPSA) is 62.2 Å². The number of aromatic nitrogens is 1. The molecule has 0 saturated heterocycles. The zero-order chi connectivity index (χ0) is 12.3. The number of halogens is 1. The first-order chi connectivity index (χ1) is 8.15. The van der Waals surface area contributed by atoms with Crippen LogP contribution in [0.2, 0.25) is 5.15 Å². The average molecular weight is 249 g/mol. The van der Waals surface area contributed by atoms with Crippen molar-refractivity contribution in [2.24, 2.45) is 0 Å². The number of carboxylic acid groups (broad SMARTS) is 1. The third kappa shape index (κ3) is 2.95. The van der Waals surface area contributed by atoms with Crippen LogP contribution >= 0.6 is 11.6 Å². The van der Waals surface area contributed by atoms with Crippen LogP contribution in [0.4, 0.5) is 11.5 Å². The first kappa shape index (κ1) is 11.4. The van der Waals surface area contributed by atoms with Gasteiger partial charge >= 0.3 is 5.97 Å². The fourth-order valence-corrected chi connectivity index (χ4v) is 1.52. The third-order valence-electron chi connectivity index (χ3n) is 2.10. The van der Waals surface area contributed by atoms with Crippen molar-refractivity contribution < 1.29 is 9.90 Å². The van der Waals surface area contributed by atoms with Gasteiger partial charge in [-0.2, -0.15) is 0 Å². The number of hydrogen-bond donors (Lipinski definition) is 2. The largest absolute Gasteiger partial charge is 0.478 e. The standard InChI is InChI=1S/C12H9ClN2O2/c13-10-5-2-6-11(15-10)14-9-4-1-3-8(7-9)12(16)17/h1-7H,(H,14,15)(H,16,17). The molecule has 2 N–H and O–H groups in total. The van der Waals surface area contributed by atoms with Crippen molar-refractivity contribution in [2.45, 2.75) is 0 Å². The Morgan fingerprint density at radius 1 is 1.24 bits per heavy atom. The van der Waals surface area contributed by atoms with Crippen molar-refractivity contribution in [1.82, 2.24) is 4.98 Å². The van der Waals surface area contributed by atoms with Gasteiger partial charge in [0.05, 0.1) is 5.56 Å². The maximum atomic E-state index is 10.8. The van der Waals surface area contributed by atoms with Gasteiger partial charge in [0.15, 0.2) is 0 Å². The van der Waals surface area contributed by atoms with E-state index in [0.29, 0.717) is 16.7 Å². The fourth-order valence-electron chi connectivity index (χ4n) is 1.36. The Balaban J connectivity index is 2.24. The molecular weight excluding hydrogens is 240 g/mol. The van der Waals surface area contributed by atoms with Crippen LogP contribution in [0.15, 0.2) is 42.5 Å². The van der Waals surface area contributed by atoms with Gasteiger partial charge in [0.2, 0.25) is 0 Å². The zero-order valence-corrected chi connectivity index (χ0v) is 9.48. The van der Waals surface area contributed by atoms with E-state index in [9.17, 15) is 4.79 Å². The van der Waals surface area contributed by atoms with E-state index in [1.165, 1.54) is 12.1 Å². The van der Waals surface area contributed by atoms with Crippen LogP contribution < -0.4 is 5.32 Å². The maximum absolute atomic E-state index is 10.8. The summed E-state index contributed by atoms with van der Waals surface area (Å²) in [6.07, 6.45) is 0. The number of benzene rings is 1. The summed E-state index contributed by atoms with van der Waals surface area (Å²) in [5.74, 6) is -0.396. The molecule has 0 atom stereocenters. The molecule has 0 bridgehead atoms. The molecule has 1 heterocycles. The number of carboxylic acids is 1. The normalized spacial score (nSPS) is 9.94. The Bertz CT molecular complexity index is 558. The average Bonchev–Trinajstić information content (AvgIpc) is 2.29. The molecule has 4 nitrogen and oxygen atoms in total. The Kier molecular flexibility index (Phi) is 3.25. The van der Waals surface area contributed by atoms with Crippen molar-refractivity contribution in [3.05, 3.63) is 53.2 Å². The van der Waals surface area contributed by atoms with E-state index >= 15 is 0 Å². The lowest BCUT2D eigenvalue weighted by Gasteiger charge is -2.06. The summed E-state index contributed by atoms with van der Waals surface area (Å²) in [5, 5.41) is 12.2. The van der Waals surface area contributed by atoms with Crippen LogP contribution in [0.1, 0.15) is 10.4 Å². The van der Waals surface area contributed by atoms with Crippen LogP contribution in [-0.2, 0) is 0 Å². The number of aromatic carboxylic acids is 1. The first-order valence-corrected chi connectivity index (χ1v) is 5.26. The molecule has 2 aromatic rings. The summed E-state index contributed by atoms with van der Waals surface area (Å²) < 4.78 is 0. The van der Waals surface area contributed by atoms with Gasteiger partial charge in [-0.15, -0.1) is 0 Å². The summed E-state index contributed by atoms with van der Waals surface area (Å²) in [6.45, 7) is 0. The predicted molar refractivity (Wildman–Crippen MR) is 65.9 cm³/mol. The highest BCUT2D eigenvalue weighted by molar-refractivity contribution is 6.29. The maximum Gasteiger partial charge on any atom is 0.335 e. The van der Waals surface area contributed by atoms with E-state index in [1.54, 1.807) is 30.3 Å². The van der Waals surface area contributed by atoms with Crippen LogP contribution in [0, 0.1) is 0 Å². The van der Waals surface area contributed by atoms with Gasteiger partial charge < -0.3 is 10.4 Å². The van der Waals surface area contributed by atoms with Crippen LogP contribution in [0.25, 0.3) is 0 Å². The van der Waals surface area contributed by atoms with Crippen LogP contribution in [0.5, 0.6) is 0 Å². The molecule has 1 aromatic carbocycles. The van der Waals surface area contributed by atoms with Crippen molar-refractivity contribution >= 4 is 29.1 Å². The summed E-state index contributed by atoms with van der Waals surface area (Å²) in [7, 11) is 0. The molecule has 0 saturated carbocycles. The minimum atomic E-state index is -0.965. The second-order valence-corrected chi connectivity index (χ2v) is 3.74. The van der Waals surface area contributed by atoms with E-state index < -0.39 is 5.97 Å². The lowest BCUT2D eigenvalue weighted by atomic mass is 10.2. The molecule has 0 radical (unpaired) electrons. The Morgan fingerprint density at radius 3 is 2.71 bits per heavy atom.